The highest BCUT2D eigenvalue weighted by molar-refractivity contribution is 6.22. The van der Waals surface area contributed by atoms with Gasteiger partial charge in [0.05, 0.1) is 34.6 Å². The van der Waals surface area contributed by atoms with E-state index >= 15 is 0 Å². The summed E-state index contributed by atoms with van der Waals surface area (Å²) in [5, 5.41) is 8.88. The van der Waals surface area contributed by atoms with Crippen LogP contribution in [0.25, 0.3) is 93.2 Å². The Labute approximate surface area is 459 Å². The lowest BCUT2D eigenvalue weighted by Gasteiger charge is -2.23. The van der Waals surface area contributed by atoms with E-state index in [1.165, 1.54) is 11.1 Å². The third kappa shape index (κ3) is 8.37. The average molecular weight is 1010 g/mol. The summed E-state index contributed by atoms with van der Waals surface area (Å²) in [5.74, 6) is 2.26. The second-order valence-electron chi connectivity index (χ2n) is 23.8. The van der Waals surface area contributed by atoms with E-state index in [0.29, 0.717) is 23.7 Å². The topological polar surface area (TPSA) is 35.2 Å². The van der Waals surface area contributed by atoms with Crippen LogP contribution in [0.3, 0.4) is 0 Å². The van der Waals surface area contributed by atoms with Gasteiger partial charge in [-0.2, -0.15) is 0 Å². The van der Waals surface area contributed by atoms with E-state index in [0.717, 1.165) is 99.0 Å². The summed E-state index contributed by atoms with van der Waals surface area (Å²) < 4.78 is 55.9. The number of fused-ring (bicyclic) bond motifs is 10. The van der Waals surface area contributed by atoms with Crippen molar-refractivity contribution in [3.8, 4) is 39.6 Å². The summed E-state index contributed by atoms with van der Waals surface area (Å²) in [7, 11) is 0. The molecule has 9 aromatic carbocycles. The number of para-hydroxylation sites is 3. The lowest BCUT2D eigenvalue weighted by molar-refractivity contribution is 0.483. The number of aromatic nitrogens is 3. The average Bonchev–Trinajstić information content (AvgIpc) is 4.07. The van der Waals surface area contributed by atoms with Crippen LogP contribution in [0.2, 0.25) is 0 Å². The summed E-state index contributed by atoms with van der Waals surface area (Å²) in [6, 6.07) is 61.0. The number of rotatable bonds is 6. The zero-order valence-electron chi connectivity index (χ0n) is 50.2. The molecule has 12 aromatic rings. The number of hydrogen-bond donors (Lipinski definition) is 0. The molecule has 1 aliphatic rings. The number of ether oxygens (including phenoxy) is 1. The fourth-order valence-corrected chi connectivity index (χ4v) is 11.5. The molecule has 0 saturated heterocycles. The maximum atomic E-state index is 9.17. The quantitative estimate of drug-likeness (QED) is 0.166. The van der Waals surface area contributed by atoms with Crippen molar-refractivity contribution in [3.63, 3.8) is 0 Å². The maximum Gasteiger partial charge on any atom is 0.137 e. The summed E-state index contributed by atoms with van der Waals surface area (Å²) in [5.41, 5.74) is 11.5. The predicted octanol–water partition coefficient (Wildman–Crippen LogP) is 19.8. The molecule has 4 heterocycles. The first-order valence-corrected chi connectivity index (χ1v) is 26.7. The van der Waals surface area contributed by atoms with Crippen LogP contribution in [-0.2, 0) is 22.9 Å². The van der Waals surface area contributed by atoms with E-state index in [1.807, 2.05) is 24.4 Å². The molecule has 1 aliphatic heterocycles. The highest BCUT2D eigenvalue weighted by Gasteiger charge is 2.27. The largest absolute Gasteiger partial charge is 0.457 e. The van der Waals surface area contributed by atoms with Gasteiger partial charge in [0.2, 0.25) is 0 Å². The van der Waals surface area contributed by atoms with E-state index in [9.17, 15) is 0 Å². The molecule has 5 nitrogen and oxygen atoms in total. The number of pyridine rings is 1. The normalized spacial score (nSPS) is 13.8. The Morgan fingerprint density at radius 3 is 1.82 bits per heavy atom. The highest BCUT2D eigenvalue weighted by Crippen LogP contribution is 2.47. The molecule has 0 N–H and O–H groups in total. The van der Waals surface area contributed by atoms with Crippen LogP contribution in [0.15, 0.2) is 212 Å². The first-order chi connectivity index (χ1) is 39.1. The Bertz CT molecular complexity index is 4690. The molecule has 0 fully saturated rings. The van der Waals surface area contributed by atoms with Gasteiger partial charge in [0, 0.05) is 51.1 Å². The number of benzene rings is 9. The third-order valence-electron chi connectivity index (χ3n) is 15.6. The standard InChI is InChI=1S/C72H64N4O/c1-70(2,3)49-32-34-58-56-24-13-14-25-57(56)61-29-19-31-65-69(61)75(68-55(27-18-28-62(68)63(58)41-49)48-38-47(46-20-11-10-12-21-46)39-51(40-48)72(7,8)9)45-74(65)52-22-17-23-53(43-52)77-54-33-35-60-59-26-15-16-30-64(59)76(66(60)44-54)67-42-50(36-37-73-67)71(4,5)6/h10-44H,45H2,1-9H3/i10D,11D,12D,20D,21D. The molecule has 77 heavy (non-hydrogen) atoms. The van der Waals surface area contributed by atoms with Gasteiger partial charge < -0.3 is 14.2 Å². The van der Waals surface area contributed by atoms with Gasteiger partial charge in [-0.25, -0.2) is 4.98 Å². The van der Waals surface area contributed by atoms with Crippen LogP contribution in [0.5, 0.6) is 11.5 Å². The SMILES string of the molecule is [2H]c1c([2H])c([2H])c(-c2cc(-c3cccc4c5cc(C(C)(C)C)ccc5c5ccccc5c5cccc6c5n(c34)CN6c3cccc(Oc4ccc5c6ccccc6n(-c6cc(C(C)(C)C)ccn6)c5c4)c3)cc(C(C)(C)C)c2)c([2H])c1[2H]. The minimum Gasteiger partial charge on any atom is -0.457 e. The minimum absolute atomic E-state index is 0.0557. The first kappa shape index (κ1) is 42.5. The Kier molecular flexibility index (Phi) is 9.94. The monoisotopic (exact) mass is 1010 g/mol. The second kappa shape index (κ2) is 18.0. The predicted molar refractivity (Wildman–Crippen MR) is 326 cm³/mol. The Hall–Kier alpha value is -8.67. The van der Waals surface area contributed by atoms with Crippen LogP contribution in [0.4, 0.5) is 11.4 Å². The maximum absolute atomic E-state index is 9.17. The van der Waals surface area contributed by atoms with Crippen molar-refractivity contribution < 1.29 is 11.6 Å². The molecule has 0 atom stereocenters. The molecule has 0 unspecified atom stereocenters. The van der Waals surface area contributed by atoms with Crippen LogP contribution < -0.4 is 9.64 Å². The molecule has 0 amide bonds. The number of hydrogen-bond acceptors (Lipinski definition) is 3. The first-order valence-electron chi connectivity index (χ1n) is 29.2. The molecule has 0 aliphatic carbocycles. The van der Waals surface area contributed by atoms with Gasteiger partial charge >= 0.3 is 0 Å². The van der Waals surface area contributed by atoms with Crippen molar-refractivity contribution in [2.45, 2.75) is 85.2 Å². The third-order valence-corrected chi connectivity index (χ3v) is 15.6. The van der Waals surface area contributed by atoms with Crippen LogP contribution in [-0.4, -0.2) is 14.1 Å². The van der Waals surface area contributed by atoms with E-state index in [2.05, 4.69) is 234 Å². The highest BCUT2D eigenvalue weighted by atomic mass is 16.5. The number of anilines is 2. The Morgan fingerprint density at radius 2 is 1.05 bits per heavy atom. The Balaban J connectivity index is 1.04. The molecular weight excluding hydrogens is 937 g/mol. The molecule has 5 heteroatoms. The molecule has 378 valence electrons. The summed E-state index contributed by atoms with van der Waals surface area (Å²) in [6.45, 7) is 20.4. The van der Waals surface area contributed by atoms with Gasteiger partial charge in [-0.15, -0.1) is 0 Å². The molecule has 0 bridgehead atoms. The minimum atomic E-state index is -0.414. The molecule has 3 aromatic heterocycles. The fraction of sp³-hybridized carbons (Fsp3) is 0.181. The fourth-order valence-electron chi connectivity index (χ4n) is 11.5. The van der Waals surface area contributed by atoms with E-state index in [4.69, 9.17) is 16.6 Å². The Morgan fingerprint density at radius 1 is 0.442 bits per heavy atom. The van der Waals surface area contributed by atoms with Crippen LogP contribution in [0, 0.1) is 0 Å². The smallest absolute Gasteiger partial charge is 0.137 e. The van der Waals surface area contributed by atoms with Crippen LogP contribution in [0.1, 0.15) is 85.9 Å². The van der Waals surface area contributed by atoms with Crippen molar-refractivity contribution in [2.24, 2.45) is 0 Å². The summed E-state index contributed by atoms with van der Waals surface area (Å²) in [6.07, 6.45) is 1.91. The van der Waals surface area contributed by atoms with Crippen molar-refractivity contribution in [1.82, 2.24) is 14.1 Å². The van der Waals surface area contributed by atoms with Gasteiger partial charge in [-0.3, -0.25) is 4.57 Å². The molecule has 0 saturated carbocycles. The second-order valence-corrected chi connectivity index (χ2v) is 23.8. The van der Waals surface area contributed by atoms with Gasteiger partial charge in [0.25, 0.3) is 0 Å². The molecule has 0 spiro atoms. The van der Waals surface area contributed by atoms with Gasteiger partial charge in [-0.1, -0.05) is 196 Å². The molecule has 13 rings (SSSR count). The van der Waals surface area contributed by atoms with Crippen molar-refractivity contribution >= 4 is 76.5 Å². The number of nitrogens with zero attached hydrogens (tertiary/aromatic N) is 4. The molecular formula is C72H64N4O. The lowest BCUT2D eigenvalue weighted by Crippen LogP contribution is -2.15. The van der Waals surface area contributed by atoms with Gasteiger partial charge in [0.15, 0.2) is 0 Å². The van der Waals surface area contributed by atoms with E-state index in [1.54, 1.807) is 0 Å². The van der Waals surface area contributed by atoms with E-state index < -0.39 is 6.04 Å². The summed E-state index contributed by atoms with van der Waals surface area (Å²) in [4.78, 5) is 7.30. The summed E-state index contributed by atoms with van der Waals surface area (Å²) >= 11 is 0. The molecule has 0 radical (unpaired) electrons. The van der Waals surface area contributed by atoms with Gasteiger partial charge in [0.1, 0.15) is 24.0 Å². The van der Waals surface area contributed by atoms with Crippen molar-refractivity contribution in [3.05, 3.63) is 229 Å². The van der Waals surface area contributed by atoms with Crippen LogP contribution >= 0.6 is 0 Å². The zero-order valence-corrected chi connectivity index (χ0v) is 45.2. The zero-order chi connectivity index (χ0) is 57.3. The van der Waals surface area contributed by atoms with Crippen molar-refractivity contribution in [1.29, 1.82) is 0 Å². The van der Waals surface area contributed by atoms with Gasteiger partial charge in [-0.05, 0) is 132 Å². The van der Waals surface area contributed by atoms with E-state index in [-0.39, 0.29) is 46.0 Å². The van der Waals surface area contributed by atoms with Crippen molar-refractivity contribution in [2.75, 3.05) is 4.90 Å². The lowest BCUT2D eigenvalue weighted by atomic mass is 9.83.